The predicted octanol–water partition coefficient (Wildman–Crippen LogP) is 5.51. The molecule has 8 nitrogen and oxygen atoms in total. The number of fused-ring (bicyclic) bond motifs is 1. The molecule has 10 heteroatoms. The number of esters is 1. The van der Waals surface area contributed by atoms with Gasteiger partial charge in [0.15, 0.2) is 5.78 Å². The van der Waals surface area contributed by atoms with Crippen LogP contribution < -0.4 is 4.74 Å². The molecule has 40 heavy (non-hydrogen) atoms. The number of nitrogens with zero attached hydrogens (tertiary/aromatic N) is 2. The molecule has 1 heterocycles. The van der Waals surface area contributed by atoms with Gasteiger partial charge in [-0.1, -0.05) is 39.7 Å². The Morgan fingerprint density at radius 3 is 1.90 bits per heavy atom. The molecule has 0 spiro atoms. The molecule has 5 rings (SSSR count). The second-order valence-corrected chi connectivity index (χ2v) is 10.7. The lowest BCUT2D eigenvalue weighted by atomic mass is 9.85. The predicted molar refractivity (Wildman–Crippen MR) is 150 cm³/mol. The number of ether oxygens (including phenoxy) is 1. The maximum absolute atomic E-state index is 13.5. The number of ketones is 1. The lowest BCUT2D eigenvalue weighted by molar-refractivity contribution is -0.154. The quantitative estimate of drug-likeness (QED) is 0.113. The topological polar surface area (TPSA) is 101 Å². The highest BCUT2D eigenvalue weighted by Gasteiger charge is 2.51. The fraction of sp³-hybridized carbons (Fsp3) is 0.167. The first kappa shape index (κ1) is 27.5. The monoisotopic (exact) mass is 620 g/mol. The number of allylic oxidation sites excluding steroid dienone is 2. The van der Waals surface area contributed by atoms with Crippen molar-refractivity contribution in [2.75, 3.05) is 6.54 Å². The van der Waals surface area contributed by atoms with Crippen molar-refractivity contribution in [3.8, 4) is 5.75 Å². The van der Waals surface area contributed by atoms with Crippen LogP contribution in [0.25, 0.3) is 0 Å². The molecular weight excluding hydrogens is 600 g/mol. The first-order valence-electron chi connectivity index (χ1n) is 12.4. The Labute approximate surface area is 243 Å². The van der Waals surface area contributed by atoms with E-state index in [0.29, 0.717) is 23.4 Å². The average Bonchev–Trinajstić information content (AvgIpc) is 3.22. The summed E-state index contributed by atoms with van der Waals surface area (Å²) in [6.07, 6.45) is 4.47. The third kappa shape index (κ3) is 5.61. The van der Waals surface area contributed by atoms with E-state index in [2.05, 4.69) is 15.9 Å². The maximum atomic E-state index is 13.5. The van der Waals surface area contributed by atoms with E-state index in [-0.39, 0.29) is 16.9 Å². The number of halogens is 2. The number of carbonyl (C=O) groups excluding carboxylic acids is 5. The highest BCUT2D eigenvalue weighted by molar-refractivity contribution is 9.10. The molecule has 0 aromatic heterocycles. The molecule has 0 saturated carbocycles. The zero-order valence-corrected chi connectivity index (χ0v) is 23.3. The molecule has 3 amide bonds. The summed E-state index contributed by atoms with van der Waals surface area (Å²) in [5, 5.41) is 2.15. The molecule has 1 aliphatic heterocycles. The van der Waals surface area contributed by atoms with Crippen molar-refractivity contribution in [3.63, 3.8) is 0 Å². The van der Waals surface area contributed by atoms with Crippen LogP contribution in [0.2, 0.25) is 5.02 Å². The van der Waals surface area contributed by atoms with Crippen molar-refractivity contribution in [2.24, 2.45) is 11.8 Å². The Bertz CT molecular complexity index is 1490. The number of carbonyl (C=O) groups is 5. The number of amides is 3. The molecule has 2 aliphatic rings. The number of hydrazine groups is 1. The zero-order valence-electron chi connectivity index (χ0n) is 21.0. The van der Waals surface area contributed by atoms with Gasteiger partial charge in [-0.3, -0.25) is 19.2 Å². The highest BCUT2D eigenvalue weighted by atomic mass is 79.9. The fourth-order valence-corrected chi connectivity index (χ4v) is 5.07. The molecule has 1 saturated heterocycles. The van der Waals surface area contributed by atoms with Gasteiger partial charge in [0.1, 0.15) is 12.3 Å². The van der Waals surface area contributed by atoms with Gasteiger partial charge in [0, 0.05) is 20.6 Å². The van der Waals surface area contributed by atoms with Crippen molar-refractivity contribution in [3.05, 3.63) is 111 Å². The van der Waals surface area contributed by atoms with Crippen LogP contribution in [-0.2, 0) is 9.59 Å². The molecule has 0 radical (unpaired) electrons. The van der Waals surface area contributed by atoms with E-state index in [1.807, 2.05) is 12.2 Å². The zero-order chi connectivity index (χ0) is 28.4. The molecule has 3 aromatic rings. The summed E-state index contributed by atoms with van der Waals surface area (Å²) < 4.78 is 6.20. The summed E-state index contributed by atoms with van der Waals surface area (Å²) in [7, 11) is 0. The molecule has 0 N–H and O–H groups in total. The van der Waals surface area contributed by atoms with Crippen LogP contribution in [-0.4, -0.2) is 46.0 Å². The molecular formula is C30H22BrClN2O6. The summed E-state index contributed by atoms with van der Waals surface area (Å²) in [6, 6.07) is 18.5. The summed E-state index contributed by atoms with van der Waals surface area (Å²) in [6.45, 7) is -0.552. The Hall–Kier alpha value is -4.08. The van der Waals surface area contributed by atoms with Crippen molar-refractivity contribution in [1.29, 1.82) is 0 Å². The molecule has 0 unspecified atom stereocenters. The summed E-state index contributed by atoms with van der Waals surface area (Å²) in [4.78, 5) is 65.8. The summed E-state index contributed by atoms with van der Waals surface area (Å²) >= 11 is 9.28. The van der Waals surface area contributed by atoms with Gasteiger partial charge >= 0.3 is 5.97 Å². The van der Waals surface area contributed by atoms with Gasteiger partial charge in [-0.2, -0.15) is 5.01 Å². The van der Waals surface area contributed by atoms with Gasteiger partial charge in [0.05, 0.1) is 17.4 Å². The molecule has 1 fully saturated rings. The Morgan fingerprint density at radius 2 is 1.32 bits per heavy atom. The van der Waals surface area contributed by atoms with Crippen molar-refractivity contribution >= 4 is 57.0 Å². The van der Waals surface area contributed by atoms with Gasteiger partial charge in [-0.15, -0.1) is 0 Å². The standard InChI is InChI=1S/C30H22BrClN2O6/c31-21-11-5-20(6-12-21)30(39)40-23-15-9-18(10-16-23)26(35)17-33(27(36)19-7-13-22(32)14-8-19)34-28(37)24-3-1-2-4-25(24)29(34)38/h1-2,5-16,24-25H,3-4,17H2/t24-,25-/m1/s1. The fourth-order valence-electron chi connectivity index (χ4n) is 4.68. The van der Waals surface area contributed by atoms with Gasteiger partial charge in [0.25, 0.3) is 17.7 Å². The van der Waals surface area contributed by atoms with Gasteiger partial charge in [-0.25, -0.2) is 9.80 Å². The van der Waals surface area contributed by atoms with E-state index in [1.54, 1.807) is 24.3 Å². The normalized spacial score (nSPS) is 17.9. The number of hydrogen-bond donors (Lipinski definition) is 0. The first-order valence-corrected chi connectivity index (χ1v) is 13.6. The van der Waals surface area contributed by atoms with Crippen LogP contribution in [0.1, 0.15) is 43.9 Å². The summed E-state index contributed by atoms with van der Waals surface area (Å²) in [5.41, 5.74) is 0.729. The lowest BCUT2D eigenvalue weighted by Gasteiger charge is -2.30. The van der Waals surface area contributed by atoms with Gasteiger partial charge < -0.3 is 4.74 Å². The third-order valence-corrected chi connectivity index (χ3v) is 7.59. The molecule has 3 aromatic carbocycles. The molecule has 2 atom stereocenters. The lowest BCUT2D eigenvalue weighted by Crippen LogP contribution is -2.52. The third-order valence-electron chi connectivity index (χ3n) is 6.81. The van der Waals surface area contributed by atoms with E-state index in [9.17, 15) is 24.0 Å². The number of hydrogen-bond acceptors (Lipinski definition) is 6. The van der Waals surface area contributed by atoms with Crippen molar-refractivity contribution < 1.29 is 28.7 Å². The Kier molecular flexibility index (Phi) is 7.95. The minimum Gasteiger partial charge on any atom is -0.423 e. The van der Waals surface area contributed by atoms with Crippen LogP contribution in [0.3, 0.4) is 0 Å². The minimum absolute atomic E-state index is 0.168. The van der Waals surface area contributed by atoms with E-state index in [1.165, 1.54) is 48.5 Å². The van der Waals surface area contributed by atoms with E-state index >= 15 is 0 Å². The van der Waals surface area contributed by atoms with Crippen LogP contribution >= 0.6 is 27.5 Å². The van der Waals surface area contributed by atoms with E-state index in [4.69, 9.17) is 16.3 Å². The second kappa shape index (κ2) is 11.6. The second-order valence-electron chi connectivity index (χ2n) is 9.36. The highest BCUT2D eigenvalue weighted by Crippen LogP contribution is 2.36. The molecule has 0 bridgehead atoms. The number of imide groups is 1. The van der Waals surface area contributed by atoms with Crippen LogP contribution in [0.5, 0.6) is 5.75 Å². The first-order chi connectivity index (χ1) is 19.2. The Balaban J connectivity index is 1.36. The Morgan fingerprint density at radius 1 is 0.800 bits per heavy atom. The molecule has 1 aliphatic carbocycles. The minimum atomic E-state index is -0.682. The van der Waals surface area contributed by atoms with Crippen LogP contribution in [0.15, 0.2) is 89.4 Å². The smallest absolute Gasteiger partial charge is 0.343 e. The van der Waals surface area contributed by atoms with Crippen molar-refractivity contribution in [2.45, 2.75) is 12.8 Å². The number of benzene rings is 3. The van der Waals surface area contributed by atoms with Crippen LogP contribution in [0.4, 0.5) is 0 Å². The summed E-state index contributed by atoms with van der Waals surface area (Å²) in [5.74, 6) is -3.71. The van der Waals surface area contributed by atoms with Crippen LogP contribution in [0, 0.1) is 11.8 Å². The average molecular weight is 622 g/mol. The maximum Gasteiger partial charge on any atom is 0.343 e. The number of rotatable bonds is 7. The van der Waals surface area contributed by atoms with Gasteiger partial charge in [0.2, 0.25) is 0 Å². The van der Waals surface area contributed by atoms with E-state index in [0.717, 1.165) is 14.5 Å². The SMILES string of the molecule is O=C(CN(C(=O)c1ccc(Cl)cc1)N1C(=O)[C@@H]2CC=CC[C@H]2C1=O)c1ccc(OC(=O)c2ccc(Br)cc2)cc1. The largest absolute Gasteiger partial charge is 0.423 e. The molecule has 202 valence electrons. The van der Waals surface area contributed by atoms with Gasteiger partial charge in [-0.05, 0) is 85.6 Å². The van der Waals surface area contributed by atoms with Crippen molar-refractivity contribution in [1.82, 2.24) is 10.0 Å². The number of Topliss-reactive ketones (excluding diaryl/α,β-unsaturated/α-hetero) is 1. The van der Waals surface area contributed by atoms with E-state index < -0.39 is 47.9 Å².